The van der Waals surface area contributed by atoms with E-state index in [1.165, 1.54) is 0 Å². The fraction of sp³-hybridized carbons (Fsp3) is 0.529. The molecule has 1 aromatic rings. The summed E-state index contributed by atoms with van der Waals surface area (Å²) < 4.78 is 5.28. The summed E-state index contributed by atoms with van der Waals surface area (Å²) in [5.41, 5.74) is 1.17. The summed E-state index contributed by atoms with van der Waals surface area (Å²) >= 11 is 0. The van der Waals surface area contributed by atoms with Crippen molar-refractivity contribution in [3.05, 3.63) is 35.4 Å². The molecule has 23 heavy (non-hydrogen) atoms. The molecule has 0 spiro atoms. The molecule has 0 atom stereocenters. The zero-order valence-electron chi connectivity index (χ0n) is 13.5. The van der Waals surface area contributed by atoms with Gasteiger partial charge < -0.3 is 19.4 Å². The maximum absolute atomic E-state index is 12.6. The number of benzene rings is 1. The molecule has 0 saturated carbocycles. The fourth-order valence-electron chi connectivity index (χ4n) is 2.93. The molecule has 1 aromatic carbocycles. The largest absolute Gasteiger partial charge is 0.378 e. The number of ether oxygens (including phenoxy) is 1. The molecule has 2 aliphatic rings. The molecule has 2 fully saturated rings. The van der Waals surface area contributed by atoms with E-state index < -0.39 is 0 Å². The molecule has 2 saturated heterocycles. The normalized spacial score (nSPS) is 19.7. The first-order chi connectivity index (χ1) is 11.1. The predicted octanol–water partition coefficient (Wildman–Crippen LogP) is 0.547. The molecule has 6 nitrogen and oxygen atoms in total. The lowest BCUT2D eigenvalue weighted by Crippen LogP contribution is -2.47. The van der Waals surface area contributed by atoms with Crippen LogP contribution in [0.3, 0.4) is 0 Å². The number of morpholine rings is 1. The van der Waals surface area contributed by atoms with Crippen LogP contribution in [0.25, 0.3) is 0 Å². The van der Waals surface area contributed by atoms with Gasteiger partial charge in [0.2, 0.25) is 0 Å². The van der Waals surface area contributed by atoms with Crippen molar-refractivity contribution < 1.29 is 14.3 Å². The molecule has 0 N–H and O–H groups in total. The van der Waals surface area contributed by atoms with Crippen LogP contribution in [0, 0.1) is 0 Å². The quantitative estimate of drug-likeness (QED) is 0.799. The van der Waals surface area contributed by atoms with E-state index >= 15 is 0 Å². The third-order valence-corrected chi connectivity index (χ3v) is 4.45. The van der Waals surface area contributed by atoms with E-state index in [4.69, 9.17) is 4.74 Å². The number of nitrogens with zero attached hydrogens (tertiary/aromatic N) is 3. The van der Waals surface area contributed by atoms with E-state index in [9.17, 15) is 9.59 Å². The van der Waals surface area contributed by atoms with E-state index in [1.807, 2.05) is 4.90 Å². The standard InChI is InChI=1S/C17H23N3O3/c1-18-5-7-19(8-6-18)16(21)14-3-2-4-15(13-14)17(22)20-9-11-23-12-10-20/h2-4,13H,5-12H2,1H3. The number of carbonyl (C=O) groups is 2. The third-order valence-electron chi connectivity index (χ3n) is 4.45. The third kappa shape index (κ3) is 3.71. The molecule has 2 amide bonds. The Kier molecular flexibility index (Phi) is 4.93. The smallest absolute Gasteiger partial charge is 0.254 e. The molecule has 124 valence electrons. The van der Waals surface area contributed by atoms with Gasteiger partial charge in [-0.2, -0.15) is 0 Å². The Labute approximate surface area is 136 Å². The van der Waals surface area contributed by atoms with Crippen molar-refractivity contribution in [3.63, 3.8) is 0 Å². The second-order valence-electron chi connectivity index (χ2n) is 6.08. The molecule has 3 rings (SSSR count). The van der Waals surface area contributed by atoms with Gasteiger partial charge in [-0.1, -0.05) is 6.07 Å². The number of piperazine rings is 1. The number of carbonyl (C=O) groups excluding carboxylic acids is 2. The highest BCUT2D eigenvalue weighted by Crippen LogP contribution is 2.13. The second-order valence-corrected chi connectivity index (χ2v) is 6.08. The highest BCUT2D eigenvalue weighted by Gasteiger charge is 2.23. The van der Waals surface area contributed by atoms with Gasteiger partial charge >= 0.3 is 0 Å². The molecule has 0 radical (unpaired) electrons. The maximum Gasteiger partial charge on any atom is 0.254 e. The van der Waals surface area contributed by atoms with Gasteiger partial charge in [0.15, 0.2) is 0 Å². The van der Waals surface area contributed by atoms with Crippen LogP contribution in [0.15, 0.2) is 24.3 Å². The van der Waals surface area contributed by atoms with Gasteiger partial charge in [-0.25, -0.2) is 0 Å². The van der Waals surface area contributed by atoms with Crippen molar-refractivity contribution in [2.75, 3.05) is 59.5 Å². The van der Waals surface area contributed by atoms with Crippen LogP contribution in [-0.4, -0.2) is 86.0 Å². The van der Waals surface area contributed by atoms with Crippen LogP contribution >= 0.6 is 0 Å². The van der Waals surface area contributed by atoms with E-state index in [1.54, 1.807) is 29.2 Å². The molecule has 6 heteroatoms. The Morgan fingerprint density at radius 1 is 0.870 bits per heavy atom. The van der Waals surface area contributed by atoms with Crippen molar-refractivity contribution >= 4 is 11.8 Å². The number of likely N-dealkylation sites (N-methyl/N-ethyl adjacent to an activating group) is 1. The van der Waals surface area contributed by atoms with Crippen LogP contribution in [0.4, 0.5) is 0 Å². The van der Waals surface area contributed by atoms with Gasteiger partial charge in [0.1, 0.15) is 0 Å². The van der Waals surface area contributed by atoms with Crippen LogP contribution < -0.4 is 0 Å². The van der Waals surface area contributed by atoms with Crippen LogP contribution in [0.5, 0.6) is 0 Å². The zero-order chi connectivity index (χ0) is 16.2. The number of hydrogen-bond acceptors (Lipinski definition) is 4. The Balaban J connectivity index is 1.71. The van der Waals surface area contributed by atoms with E-state index in [-0.39, 0.29) is 11.8 Å². The summed E-state index contributed by atoms with van der Waals surface area (Å²) in [5.74, 6) is -0.0175. The first-order valence-corrected chi connectivity index (χ1v) is 8.10. The van der Waals surface area contributed by atoms with Gasteiger partial charge in [-0.15, -0.1) is 0 Å². The Morgan fingerprint density at radius 2 is 1.39 bits per heavy atom. The molecule has 0 aliphatic carbocycles. The Morgan fingerprint density at radius 3 is 1.96 bits per heavy atom. The van der Waals surface area contributed by atoms with Gasteiger partial charge in [0.25, 0.3) is 11.8 Å². The van der Waals surface area contributed by atoms with Gasteiger partial charge in [0, 0.05) is 50.4 Å². The van der Waals surface area contributed by atoms with Crippen molar-refractivity contribution in [1.82, 2.24) is 14.7 Å². The summed E-state index contributed by atoms with van der Waals surface area (Å²) in [5, 5.41) is 0. The Hall–Kier alpha value is -1.92. The minimum atomic E-state index is -0.0265. The molecular formula is C17H23N3O3. The number of hydrogen-bond donors (Lipinski definition) is 0. The summed E-state index contributed by atoms with van der Waals surface area (Å²) in [7, 11) is 2.06. The van der Waals surface area contributed by atoms with E-state index in [0.717, 1.165) is 26.2 Å². The van der Waals surface area contributed by atoms with Crippen molar-refractivity contribution in [2.24, 2.45) is 0 Å². The first-order valence-electron chi connectivity index (χ1n) is 8.10. The predicted molar refractivity (Wildman–Crippen MR) is 86.6 cm³/mol. The monoisotopic (exact) mass is 317 g/mol. The minimum absolute atomic E-state index is 0.00901. The lowest BCUT2D eigenvalue weighted by atomic mass is 10.1. The zero-order valence-corrected chi connectivity index (χ0v) is 13.5. The lowest BCUT2D eigenvalue weighted by Gasteiger charge is -2.32. The fourth-order valence-corrected chi connectivity index (χ4v) is 2.93. The molecule has 0 bridgehead atoms. The van der Waals surface area contributed by atoms with Crippen molar-refractivity contribution in [3.8, 4) is 0 Å². The first kappa shape index (κ1) is 16.0. The summed E-state index contributed by atoms with van der Waals surface area (Å²) in [4.78, 5) is 31.0. The van der Waals surface area contributed by atoms with Crippen molar-refractivity contribution in [1.29, 1.82) is 0 Å². The van der Waals surface area contributed by atoms with Gasteiger partial charge in [0.05, 0.1) is 13.2 Å². The summed E-state index contributed by atoms with van der Waals surface area (Å²) in [6.07, 6.45) is 0. The molecule has 0 unspecified atom stereocenters. The van der Waals surface area contributed by atoms with Crippen molar-refractivity contribution in [2.45, 2.75) is 0 Å². The highest BCUT2D eigenvalue weighted by molar-refractivity contribution is 5.99. The minimum Gasteiger partial charge on any atom is -0.378 e. The van der Waals surface area contributed by atoms with Crippen LogP contribution in [0.2, 0.25) is 0 Å². The topological polar surface area (TPSA) is 53.1 Å². The van der Waals surface area contributed by atoms with E-state index in [0.29, 0.717) is 37.4 Å². The summed E-state index contributed by atoms with van der Waals surface area (Å²) in [6, 6.07) is 7.07. The number of amides is 2. The van der Waals surface area contributed by atoms with Gasteiger partial charge in [-0.05, 0) is 25.2 Å². The lowest BCUT2D eigenvalue weighted by molar-refractivity contribution is 0.0303. The van der Waals surface area contributed by atoms with Crippen LogP contribution in [0.1, 0.15) is 20.7 Å². The molecule has 2 heterocycles. The molecule has 2 aliphatic heterocycles. The SMILES string of the molecule is CN1CCN(C(=O)c2cccc(C(=O)N3CCOCC3)c2)CC1. The maximum atomic E-state index is 12.6. The Bertz CT molecular complexity index is 576. The van der Waals surface area contributed by atoms with Gasteiger partial charge in [-0.3, -0.25) is 9.59 Å². The molecular weight excluding hydrogens is 294 g/mol. The van der Waals surface area contributed by atoms with E-state index in [2.05, 4.69) is 11.9 Å². The second kappa shape index (κ2) is 7.10. The number of rotatable bonds is 2. The highest BCUT2D eigenvalue weighted by atomic mass is 16.5. The average Bonchev–Trinajstić information content (AvgIpc) is 2.62. The van der Waals surface area contributed by atoms with Crippen LogP contribution in [-0.2, 0) is 4.74 Å². The average molecular weight is 317 g/mol. The molecule has 0 aromatic heterocycles. The summed E-state index contributed by atoms with van der Waals surface area (Å²) in [6.45, 7) is 5.60.